The Bertz CT molecular complexity index is 2280. The Morgan fingerprint density at radius 2 is 1.26 bits per heavy atom. The second-order valence-corrected chi connectivity index (χ2v) is 10.3. The SMILES string of the molecule is Cn1c2ccccc2c2ccc3c4ccccc4n(-c4nc5c6c(cccc6n4)Cc4ccccc4-5)c3c21. The molecule has 3 aromatic heterocycles. The Morgan fingerprint density at radius 3 is 2.13 bits per heavy atom. The van der Waals surface area contributed by atoms with Crippen LogP contribution in [0.5, 0.6) is 0 Å². The molecule has 5 aromatic carbocycles. The maximum atomic E-state index is 5.35. The molecule has 0 bridgehead atoms. The van der Waals surface area contributed by atoms with Crippen LogP contribution < -0.4 is 0 Å². The molecule has 1 aliphatic carbocycles. The van der Waals surface area contributed by atoms with Gasteiger partial charge in [0.1, 0.15) is 0 Å². The molecule has 0 N–H and O–H groups in total. The summed E-state index contributed by atoms with van der Waals surface area (Å²) in [7, 11) is 2.17. The standard InChI is InChI=1S/C34H22N4/c1-37-28-15-6-4-12-23(28)25-17-18-26-24-13-5-7-16-29(24)38(33(26)32(25)37)34-35-27-14-8-10-21-19-20-9-2-3-11-22(20)31(36-34)30(21)27/h2-18H,19H2,1H3. The predicted octanol–water partition coefficient (Wildman–Crippen LogP) is 7.94. The van der Waals surface area contributed by atoms with Crippen LogP contribution >= 0.6 is 0 Å². The second kappa shape index (κ2) is 7.08. The molecule has 38 heavy (non-hydrogen) atoms. The molecular formula is C34H22N4. The number of fused-ring (bicyclic) bond motifs is 9. The van der Waals surface area contributed by atoms with Crippen molar-refractivity contribution in [2.24, 2.45) is 7.05 Å². The molecule has 4 nitrogen and oxygen atoms in total. The first-order chi connectivity index (χ1) is 18.8. The largest absolute Gasteiger partial charge is 0.342 e. The monoisotopic (exact) mass is 486 g/mol. The van der Waals surface area contributed by atoms with Crippen molar-refractivity contribution in [3.05, 3.63) is 114 Å². The van der Waals surface area contributed by atoms with Gasteiger partial charge in [0.15, 0.2) is 0 Å². The number of benzene rings is 5. The summed E-state index contributed by atoms with van der Waals surface area (Å²) in [4.78, 5) is 10.6. The van der Waals surface area contributed by atoms with Crippen LogP contribution in [0.25, 0.3) is 71.7 Å². The minimum Gasteiger partial charge on any atom is -0.342 e. The lowest BCUT2D eigenvalue weighted by molar-refractivity contribution is 0.988. The van der Waals surface area contributed by atoms with E-state index in [2.05, 4.69) is 119 Å². The summed E-state index contributed by atoms with van der Waals surface area (Å²) >= 11 is 0. The van der Waals surface area contributed by atoms with Crippen LogP contribution in [0.3, 0.4) is 0 Å². The number of para-hydroxylation sites is 2. The van der Waals surface area contributed by atoms with E-state index in [4.69, 9.17) is 9.97 Å². The van der Waals surface area contributed by atoms with E-state index in [9.17, 15) is 0 Å². The van der Waals surface area contributed by atoms with Crippen LogP contribution in [0.4, 0.5) is 0 Å². The van der Waals surface area contributed by atoms with Gasteiger partial charge in [-0.15, -0.1) is 0 Å². The maximum absolute atomic E-state index is 5.35. The molecule has 0 saturated carbocycles. The molecular weight excluding hydrogens is 464 g/mol. The third-order valence-corrected chi connectivity index (χ3v) is 8.35. The van der Waals surface area contributed by atoms with Crippen molar-refractivity contribution in [2.75, 3.05) is 0 Å². The summed E-state index contributed by atoms with van der Waals surface area (Å²) in [6, 6.07) is 36.9. The molecule has 1 aliphatic rings. The van der Waals surface area contributed by atoms with Crippen molar-refractivity contribution in [1.29, 1.82) is 0 Å². The third kappa shape index (κ3) is 2.44. The normalized spacial score (nSPS) is 12.8. The summed E-state index contributed by atoms with van der Waals surface area (Å²) in [6.07, 6.45) is 0.912. The number of rotatable bonds is 1. The van der Waals surface area contributed by atoms with E-state index >= 15 is 0 Å². The van der Waals surface area contributed by atoms with Crippen LogP contribution in [0.2, 0.25) is 0 Å². The van der Waals surface area contributed by atoms with Crippen LogP contribution in [0, 0.1) is 0 Å². The summed E-state index contributed by atoms with van der Waals surface area (Å²) < 4.78 is 4.60. The van der Waals surface area contributed by atoms with Gasteiger partial charge in [0.05, 0.1) is 27.8 Å². The Hall–Kier alpha value is -4.96. The van der Waals surface area contributed by atoms with E-state index in [0.717, 1.165) is 28.7 Å². The first-order valence-corrected chi connectivity index (χ1v) is 13.1. The van der Waals surface area contributed by atoms with Crippen molar-refractivity contribution in [3.63, 3.8) is 0 Å². The highest BCUT2D eigenvalue weighted by atomic mass is 15.2. The summed E-state index contributed by atoms with van der Waals surface area (Å²) in [5, 5.41) is 6.10. The summed E-state index contributed by atoms with van der Waals surface area (Å²) in [5.41, 5.74) is 10.5. The van der Waals surface area contributed by atoms with Crippen molar-refractivity contribution in [1.82, 2.24) is 19.1 Å². The highest BCUT2D eigenvalue weighted by molar-refractivity contribution is 6.23. The minimum atomic E-state index is 0.713. The minimum absolute atomic E-state index is 0.713. The van der Waals surface area contributed by atoms with E-state index in [-0.39, 0.29) is 0 Å². The van der Waals surface area contributed by atoms with Gasteiger partial charge in [0.25, 0.3) is 0 Å². The Labute approximate surface area is 218 Å². The van der Waals surface area contributed by atoms with Gasteiger partial charge in [0, 0.05) is 45.1 Å². The molecule has 0 aliphatic heterocycles. The van der Waals surface area contributed by atoms with Gasteiger partial charge in [-0.25, -0.2) is 9.97 Å². The lowest BCUT2D eigenvalue weighted by atomic mass is 9.88. The number of aromatic nitrogens is 4. The topological polar surface area (TPSA) is 35.6 Å². The van der Waals surface area contributed by atoms with Gasteiger partial charge in [-0.2, -0.15) is 0 Å². The van der Waals surface area contributed by atoms with Crippen molar-refractivity contribution >= 4 is 54.5 Å². The quantitative estimate of drug-likeness (QED) is 0.236. The number of hydrogen-bond acceptors (Lipinski definition) is 2. The number of hydrogen-bond donors (Lipinski definition) is 0. The fourth-order valence-corrected chi connectivity index (χ4v) is 6.71. The molecule has 0 saturated heterocycles. The van der Waals surface area contributed by atoms with Crippen LogP contribution in [-0.2, 0) is 13.5 Å². The first-order valence-electron chi connectivity index (χ1n) is 13.1. The van der Waals surface area contributed by atoms with Gasteiger partial charge < -0.3 is 4.57 Å². The zero-order chi connectivity index (χ0) is 25.0. The lowest BCUT2D eigenvalue weighted by Gasteiger charge is -2.20. The van der Waals surface area contributed by atoms with E-state index < -0.39 is 0 Å². The Kier molecular flexibility index (Phi) is 3.75. The van der Waals surface area contributed by atoms with Crippen molar-refractivity contribution in [3.8, 4) is 17.2 Å². The molecule has 4 heteroatoms. The molecule has 0 atom stereocenters. The van der Waals surface area contributed by atoms with Crippen molar-refractivity contribution < 1.29 is 0 Å². The highest BCUT2D eigenvalue weighted by Crippen LogP contribution is 2.42. The van der Waals surface area contributed by atoms with E-state index in [0.29, 0.717) is 5.95 Å². The molecule has 9 rings (SSSR count). The zero-order valence-corrected chi connectivity index (χ0v) is 20.8. The van der Waals surface area contributed by atoms with Crippen LogP contribution in [0.1, 0.15) is 11.1 Å². The molecule has 0 unspecified atom stereocenters. The average molecular weight is 487 g/mol. The van der Waals surface area contributed by atoms with Gasteiger partial charge in [-0.3, -0.25) is 4.57 Å². The fraction of sp³-hybridized carbons (Fsp3) is 0.0588. The molecule has 0 amide bonds. The van der Waals surface area contributed by atoms with Gasteiger partial charge >= 0.3 is 0 Å². The fourth-order valence-electron chi connectivity index (χ4n) is 6.71. The van der Waals surface area contributed by atoms with E-state index in [1.807, 2.05) is 0 Å². The predicted molar refractivity (Wildman–Crippen MR) is 156 cm³/mol. The van der Waals surface area contributed by atoms with E-state index in [1.165, 1.54) is 54.7 Å². The smallest absolute Gasteiger partial charge is 0.235 e. The van der Waals surface area contributed by atoms with Gasteiger partial charge in [-0.05, 0) is 35.7 Å². The Balaban J connectivity index is 1.50. The molecule has 178 valence electrons. The van der Waals surface area contributed by atoms with Crippen LogP contribution in [0.15, 0.2) is 103 Å². The van der Waals surface area contributed by atoms with Crippen molar-refractivity contribution in [2.45, 2.75) is 6.42 Å². The molecule has 0 spiro atoms. The van der Waals surface area contributed by atoms with E-state index in [1.54, 1.807) is 0 Å². The second-order valence-electron chi connectivity index (χ2n) is 10.3. The molecule has 3 heterocycles. The lowest BCUT2D eigenvalue weighted by Crippen LogP contribution is -2.08. The first kappa shape index (κ1) is 20.1. The summed E-state index contributed by atoms with van der Waals surface area (Å²) in [6.45, 7) is 0. The molecule has 8 aromatic rings. The maximum Gasteiger partial charge on any atom is 0.235 e. The van der Waals surface area contributed by atoms with Gasteiger partial charge in [-0.1, -0.05) is 84.9 Å². The summed E-state index contributed by atoms with van der Waals surface area (Å²) in [5.74, 6) is 0.713. The molecule has 0 fully saturated rings. The van der Waals surface area contributed by atoms with Crippen LogP contribution in [-0.4, -0.2) is 19.1 Å². The number of aryl methyl sites for hydroxylation is 1. The highest BCUT2D eigenvalue weighted by Gasteiger charge is 2.24. The average Bonchev–Trinajstić information content (AvgIpc) is 3.45. The Morgan fingerprint density at radius 1 is 0.579 bits per heavy atom. The molecule has 0 radical (unpaired) electrons. The number of nitrogens with zero attached hydrogens (tertiary/aromatic N) is 4. The third-order valence-electron chi connectivity index (χ3n) is 8.35. The zero-order valence-electron chi connectivity index (χ0n) is 20.8. The van der Waals surface area contributed by atoms with Gasteiger partial charge in [0.2, 0.25) is 5.95 Å².